The van der Waals surface area contributed by atoms with Gasteiger partial charge in [0.25, 0.3) is 5.91 Å². The van der Waals surface area contributed by atoms with E-state index in [1.165, 1.54) is 18.2 Å². The van der Waals surface area contributed by atoms with Crippen LogP contribution in [0.2, 0.25) is 0 Å². The SMILES string of the molecule is CC1(C)C(=O)Nc2ccc(NC(=O)c3cccc(S(C)(=O)=O)c3)cc21. The van der Waals surface area contributed by atoms with Crippen LogP contribution >= 0.6 is 0 Å². The van der Waals surface area contributed by atoms with E-state index in [4.69, 9.17) is 0 Å². The molecule has 130 valence electrons. The third kappa shape index (κ3) is 3.15. The summed E-state index contributed by atoms with van der Waals surface area (Å²) in [6.07, 6.45) is 1.09. The fourth-order valence-electron chi connectivity index (χ4n) is 2.72. The van der Waals surface area contributed by atoms with E-state index in [1.807, 2.05) is 13.8 Å². The Morgan fingerprint density at radius 2 is 1.84 bits per heavy atom. The Kier molecular flexibility index (Phi) is 3.91. The third-order valence-corrected chi connectivity index (χ3v) is 5.40. The molecule has 0 aromatic heterocycles. The summed E-state index contributed by atoms with van der Waals surface area (Å²) in [4.78, 5) is 24.5. The van der Waals surface area contributed by atoms with Crippen molar-refractivity contribution in [1.29, 1.82) is 0 Å². The molecule has 7 heteroatoms. The highest BCUT2D eigenvalue weighted by Gasteiger charge is 2.38. The zero-order chi connectivity index (χ0) is 18.4. The van der Waals surface area contributed by atoms with Gasteiger partial charge in [0, 0.05) is 23.2 Å². The van der Waals surface area contributed by atoms with Gasteiger partial charge >= 0.3 is 0 Å². The second kappa shape index (κ2) is 5.70. The topological polar surface area (TPSA) is 92.3 Å². The summed E-state index contributed by atoms with van der Waals surface area (Å²) in [7, 11) is -3.39. The Morgan fingerprint density at radius 3 is 2.52 bits per heavy atom. The largest absolute Gasteiger partial charge is 0.325 e. The molecule has 6 nitrogen and oxygen atoms in total. The molecule has 1 aliphatic heterocycles. The number of anilines is 2. The monoisotopic (exact) mass is 358 g/mol. The molecule has 0 atom stereocenters. The third-order valence-electron chi connectivity index (χ3n) is 4.29. The zero-order valence-electron chi connectivity index (χ0n) is 14.1. The average molecular weight is 358 g/mol. The maximum Gasteiger partial charge on any atom is 0.255 e. The van der Waals surface area contributed by atoms with Crippen LogP contribution in [0.4, 0.5) is 11.4 Å². The van der Waals surface area contributed by atoms with Crippen molar-refractivity contribution < 1.29 is 18.0 Å². The van der Waals surface area contributed by atoms with E-state index in [0.29, 0.717) is 5.69 Å². The van der Waals surface area contributed by atoms with Gasteiger partial charge in [-0.25, -0.2) is 8.42 Å². The number of fused-ring (bicyclic) bond motifs is 1. The number of carbonyl (C=O) groups excluding carboxylic acids is 2. The zero-order valence-corrected chi connectivity index (χ0v) is 14.9. The molecule has 0 aliphatic carbocycles. The molecule has 0 spiro atoms. The second-order valence-electron chi connectivity index (χ2n) is 6.59. The quantitative estimate of drug-likeness (QED) is 0.882. The van der Waals surface area contributed by atoms with Gasteiger partial charge in [-0.3, -0.25) is 9.59 Å². The molecule has 0 bridgehead atoms. The number of nitrogens with one attached hydrogen (secondary N) is 2. The van der Waals surface area contributed by atoms with Crippen LogP contribution in [0.3, 0.4) is 0 Å². The number of rotatable bonds is 3. The first-order valence-electron chi connectivity index (χ1n) is 7.66. The van der Waals surface area contributed by atoms with Gasteiger partial charge in [0.1, 0.15) is 0 Å². The lowest BCUT2D eigenvalue weighted by Crippen LogP contribution is -2.26. The molecule has 1 heterocycles. The molecule has 0 fully saturated rings. The lowest BCUT2D eigenvalue weighted by molar-refractivity contribution is -0.119. The van der Waals surface area contributed by atoms with Crippen molar-refractivity contribution in [2.45, 2.75) is 24.2 Å². The molecule has 2 N–H and O–H groups in total. The lowest BCUT2D eigenvalue weighted by Gasteiger charge is -2.16. The Balaban J connectivity index is 1.88. The molecule has 3 rings (SSSR count). The van der Waals surface area contributed by atoms with Crippen molar-refractivity contribution >= 4 is 33.0 Å². The van der Waals surface area contributed by atoms with Crippen LogP contribution in [0.1, 0.15) is 29.8 Å². The number of hydrogen-bond acceptors (Lipinski definition) is 4. The normalized spacial score (nSPS) is 15.4. The van der Waals surface area contributed by atoms with Crippen LogP contribution in [0, 0.1) is 0 Å². The van der Waals surface area contributed by atoms with E-state index in [9.17, 15) is 18.0 Å². The van der Waals surface area contributed by atoms with E-state index in [0.717, 1.165) is 17.5 Å². The first kappa shape index (κ1) is 17.2. The van der Waals surface area contributed by atoms with Gasteiger partial charge in [0.05, 0.1) is 10.3 Å². The van der Waals surface area contributed by atoms with Crippen molar-refractivity contribution in [2.24, 2.45) is 0 Å². The molecule has 0 unspecified atom stereocenters. The number of benzene rings is 2. The maximum absolute atomic E-state index is 12.4. The average Bonchev–Trinajstić information content (AvgIpc) is 2.77. The van der Waals surface area contributed by atoms with Crippen LogP contribution in [-0.4, -0.2) is 26.5 Å². The van der Waals surface area contributed by atoms with Crippen LogP contribution < -0.4 is 10.6 Å². The molecule has 0 saturated carbocycles. The molecule has 0 saturated heterocycles. The van der Waals surface area contributed by atoms with Crippen molar-refractivity contribution in [2.75, 3.05) is 16.9 Å². The van der Waals surface area contributed by atoms with E-state index in [1.54, 1.807) is 24.3 Å². The minimum Gasteiger partial charge on any atom is -0.325 e. The fourth-order valence-corrected chi connectivity index (χ4v) is 3.39. The summed E-state index contributed by atoms with van der Waals surface area (Å²) in [6.45, 7) is 3.63. The van der Waals surface area contributed by atoms with Gasteiger partial charge in [-0.2, -0.15) is 0 Å². The van der Waals surface area contributed by atoms with E-state index in [2.05, 4.69) is 10.6 Å². The van der Waals surface area contributed by atoms with Crippen LogP contribution in [0.15, 0.2) is 47.4 Å². The molecule has 2 amide bonds. The highest BCUT2D eigenvalue weighted by Crippen LogP contribution is 2.38. The number of hydrogen-bond donors (Lipinski definition) is 2. The van der Waals surface area contributed by atoms with Crippen molar-refractivity contribution in [3.05, 3.63) is 53.6 Å². The Bertz CT molecular complexity index is 994. The molecule has 2 aromatic carbocycles. The van der Waals surface area contributed by atoms with Crippen LogP contribution in [0.25, 0.3) is 0 Å². The van der Waals surface area contributed by atoms with Gasteiger partial charge < -0.3 is 10.6 Å². The van der Waals surface area contributed by atoms with Gasteiger partial charge in [0.2, 0.25) is 5.91 Å². The minimum atomic E-state index is -3.39. The number of carbonyl (C=O) groups is 2. The van der Waals surface area contributed by atoms with Gasteiger partial charge in [-0.1, -0.05) is 6.07 Å². The highest BCUT2D eigenvalue weighted by molar-refractivity contribution is 7.90. The van der Waals surface area contributed by atoms with Gasteiger partial charge in [-0.05, 0) is 55.8 Å². The summed E-state index contributed by atoms with van der Waals surface area (Å²) in [5.41, 5.74) is 1.65. The van der Waals surface area contributed by atoms with E-state index < -0.39 is 21.2 Å². The Hall–Kier alpha value is -2.67. The lowest BCUT2D eigenvalue weighted by atomic mass is 9.86. The summed E-state index contributed by atoms with van der Waals surface area (Å²) < 4.78 is 23.3. The van der Waals surface area contributed by atoms with E-state index >= 15 is 0 Å². The summed E-state index contributed by atoms with van der Waals surface area (Å²) >= 11 is 0. The minimum absolute atomic E-state index is 0.0880. The Labute approximate surface area is 146 Å². The molecule has 25 heavy (non-hydrogen) atoms. The van der Waals surface area contributed by atoms with Crippen LogP contribution in [-0.2, 0) is 20.0 Å². The standard InChI is InChI=1S/C18H18N2O4S/c1-18(2)14-10-12(7-8-15(14)20-17(18)22)19-16(21)11-5-4-6-13(9-11)25(3,23)24/h4-10H,1-3H3,(H,19,21)(H,20,22). The van der Waals surface area contributed by atoms with Crippen LogP contribution in [0.5, 0.6) is 0 Å². The summed E-state index contributed by atoms with van der Waals surface area (Å²) in [5.74, 6) is -0.507. The van der Waals surface area contributed by atoms with Crippen molar-refractivity contribution in [3.8, 4) is 0 Å². The highest BCUT2D eigenvalue weighted by atomic mass is 32.2. The van der Waals surface area contributed by atoms with Crippen molar-refractivity contribution in [1.82, 2.24) is 0 Å². The van der Waals surface area contributed by atoms with E-state index in [-0.39, 0.29) is 16.4 Å². The molecule has 2 aromatic rings. The maximum atomic E-state index is 12.4. The van der Waals surface area contributed by atoms with Gasteiger partial charge in [-0.15, -0.1) is 0 Å². The Morgan fingerprint density at radius 1 is 1.12 bits per heavy atom. The first-order valence-corrected chi connectivity index (χ1v) is 9.55. The van der Waals surface area contributed by atoms with Crippen molar-refractivity contribution in [3.63, 3.8) is 0 Å². The molecule has 1 aliphatic rings. The predicted molar refractivity (Wildman–Crippen MR) is 95.6 cm³/mol. The molecular weight excluding hydrogens is 340 g/mol. The molecular formula is C18H18N2O4S. The molecule has 0 radical (unpaired) electrons. The fraction of sp³-hybridized carbons (Fsp3) is 0.222. The van der Waals surface area contributed by atoms with Gasteiger partial charge in [0.15, 0.2) is 9.84 Å². The first-order chi connectivity index (χ1) is 11.6. The second-order valence-corrected chi connectivity index (χ2v) is 8.61. The number of amides is 2. The number of sulfone groups is 1. The summed E-state index contributed by atoms with van der Waals surface area (Å²) in [6, 6.07) is 11.1. The predicted octanol–water partition coefficient (Wildman–Crippen LogP) is 2.57. The smallest absolute Gasteiger partial charge is 0.255 e. The summed E-state index contributed by atoms with van der Waals surface area (Å²) in [5, 5.41) is 5.55.